The van der Waals surface area contributed by atoms with Crippen molar-refractivity contribution < 1.29 is 8.78 Å². The molecule has 0 heterocycles. The van der Waals surface area contributed by atoms with Crippen LogP contribution in [0.4, 0.5) is 8.78 Å². The number of rotatable bonds is 6. The molecular formula is C29H30F2. The Kier molecular flexibility index (Phi) is 6.96. The molecule has 0 aromatic heterocycles. The van der Waals surface area contributed by atoms with Crippen molar-refractivity contribution in [3.05, 3.63) is 107 Å². The van der Waals surface area contributed by atoms with Crippen LogP contribution in [0.15, 0.2) is 72.8 Å². The second-order valence-electron chi connectivity index (χ2n) is 8.93. The van der Waals surface area contributed by atoms with Gasteiger partial charge in [0.15, 0.2) is 0 Å². The lowest BCUT2D eigenvalue weighted by Crippen LogP contribution is -2.15. The van der Waals surface area contributed by atoms with E-state index in [0.29, 0.717) is 17.4 Å². The van der Waals surface area contributed by atoms with Crippen molar-refractivity contribution in [3.8, 4) is 0 Å². The van der Waals surface area contributed by atoms with Gasteiger partial charge in [0.05, 0.1) is 0 Å². The van der Waals surface area contributed by atoms with Gasteiger partial charge in [-0.1, -0.05) is 73.7 Å². The van der Waals surface area contributed by atoms with Gasteiger partial charge in [0.25, 0.3) is 0 Å². The standard InChI is InChI=1S/C29H30F2/c1-21(24-5-3-2-4-6-24)19-23-10-14-26(15-11-23)25-12-7-22(8-13-25)9-16-27-17-18-28(30)20-29(27)31/h2-9,12-13,16-18,20-21,23,26H,10-11,14-15,19H2,1H3/b16-9+. The Balaban J connectivity index is 1.30. The molecule has 4 rings (SSSR count). The second-order valence-corrected chi connectivity index (χ2v) is 8.93. The molecule has 3 aromatic carbocycles. The highest BCUT2D eigenvalue weighted by molar-refractivity contribution is 5.69. The van der Waals surface area contributed by atoms with Gasteiger partial charge in [-0.15, -0.1) is 0 Å². The molecule has 1 saturated carbocycles. The Hall–Kier alpha value is -2.74. The van der Waals surface area contributed by atoms with Gasteiger partial charge in [0.2, 0.25) is 0 Å². The molecule has 1 unspecified atom stereocenters. The van der Waals surface area contributed by atoms with Crippen LogP contribution in [-0.4, -0.2) is 0 Å². The summed E-state index contributed by atoms with van der Waals surface area (Å²) >= 11 is 0. The molecule has 3 aromatic rings. The van der Waals surface area contributed by atoms with Crippen molar-refractivity contribution in [1.29, 1.82) is 0 Å². The molecule has 1 atom stereocenters. The lowest BCUT2D eigenvalue weighted by Gasteiger charge is -2.30. The van der Waals surface area contributed by atoms with E-state index in [4.69, 9.17) is 0 Å². The Labute approximate surface area is 184 Å². The summed E-state index contributed by atoms with van der Waals surface area (Å²) in [7, 11) is 0. The lowest BCUT2D eigenvalue weighted by atomic mass is 9.75. The average molecular weight is 417 g/mol. The molecule has 1 aliphatic carbocycles. The van der Waals surface area contributed by atoms with Crippen LogP contribution in [0, 0.1) is 17.6 Å². The van der Waals surface area contributed by atoms with E-state index in [1.165, 1.54) is 55.4 Å². The minimum absolute atomic E-state index is 0.397. The van der Waals surface area contributed by atoms with Gasteiger partial charge in [0, 0.05) is 11.6 Å². The van der Waals surface area contributed by atoms with Gasteiger partial charge >= 0.3 is 0 Å². The van der Waals surface area contributed by atoms with Crippen LogP contribution >= 0.6 is 0 Å². The molecule has 0 radical (unpaired) electrons. The van der Waals surface area contributed by atoms with Crippen LogP contribution < -0.4 is 0 Å². The molecule has 1 aliphatic rings. The number of hydrogen-bond donors (Lipinski definition) is 0. The predicted octanol–water partition coefficient (Wildman–Crippen LogP) is 8.60. The highest BCUT2D eigenvalue weighted by Crippen LogP contribution is 2.39. The number of benzene rings is 3. The molecule has 0 aliphatic heterocycles. The van der Waals surface area contributed by atoms with E-state index in [1.807, 2.05) is 6.08 Å². The quantitative estimate of drug-likeness (QED) is 0.353. The third kappa shape index (κ3) is 5.70. The van der Waals surface area contributed by atoms with Crippen molar-refractivity contribution >= 4 is 12.2 Å². The minimum atomic E-state index is -0.553. The van der Waals surface area contributed by atoms with Gasteiger partial charge in [-0.3, -0.25) is 0 Å². The Morgan fingerprint density at radius 1 is 0.839 bits per heavy atom. The fourth-order valence-electron chi connectivity index (χ4n) is 4.85. The van der Waals surface area contributed by atoms with Crippen molar-refractivity contribution in [2.75, 3.05) is 0 Å². The maximum absolute atomic E-state index is 13.8. The lowest BCUT2D eigenvalue weighted by molar-refractivity contribution is 0.297. The minimum Gasteiger partial charge on any atom is -0.207 e. The SMILES string of the molecule is CC(CC1CCC(c2ccc(/C=C/c3ccc(F)cc3F)cc2)CC1)c1ccccc1. The fourth-order valence-corrected chi connectivity index (χ4v) is 4.85. The van der Waals surface area contributed by atoms with Crippen molar-refractivity contribution in [3.63, 3.8) is 0 Å². The van der Waals surface area contributed by atoms with Crippen molar-refractivity contribution in [2.24, 2.45) is 5.92 Å². The zero-order valence-electron chi connectivity index (χ0n) is 18.1. The maximum atomic E-state index is 13.8. The summed E-state index contributed by atoms with van der Waals surface area (Å²) in [6.45, 7) is 2.35. The van der Waals surface area contributed by atoms with Gasteiger partial charge in [-0.05, 0) is 78.7 Å². The van der Waals surface area contributed by atoms with E-state index in [0.717, 1.165) is 17.5 Å². The molecular weight excluding hydrogens is 386 g/mol. The average Bonchev–Trinajstić information content (AvgIpc) is 2.80. The van der Waals surface area contributed by atoms with E-state index in [-0.39, 0.29) is 0 Å². The molecule has 0 bridgehead atoms. The summed E-state index contributed by atoms with van der Waals surface area (Å²) in [6.07, 6.45) is 9.95. The predicted molar refractivity (Wildman–Crippen MR) is 126 cm³/mol. The molecule has 0 nitrogen and oxygen atoms in total. The molecule has 160 valence electrons. The van der Waals surface area contributed by atoms with E-state index in [1.54, 1.807) is 6.08 Å². The Morgan fingerprint density at radius 3 is 2.23 bits per heavy atom. The van der Waals surface area contributed by atoms with Gasteiger partial charge in [0.1, 0.15) is 11.6 Å². The van der Waals surface area contributed by atoms with Crippen molar-refractivity contribution in [2.45, 2.75) is 50.9 Å². The maximum Gasteiger partial charge on any atom is 0.133 e. The molecule has 0 N–H and O–H groups in total. The zero-order chi connectivity index (χ0) is 21.6. The van der Waals surface area contributed by atoms with Crippen molar-refractivity contribution in [1.82, 2.24) is 0 Å². The van der Waals surface area contributed by atoms with Crippen LogP contribution in [0.5, 0.6) is 0 Å². The summed E-state index contributed by atoms with van der Waals surface area (Å²) < 4.78 is 26.8. The van der Waals surface area contributed by atoms with Crippen LogP contribution in [-0.2, 0) is 0 Å². The van der Waals surface area contributed by atoms with E-state index in [9.17, 15) is 8.78 Å². The van der Waals surface area contributed by atoms with E-state index < -0.39 is 11.6 Å². The molecule has 31 heavy (non-hydrogen) atoms. The molecule has 1 fully saturated rings. The monoisotopic (exact) mass is 416 g/mol. The first kappa shape index (κ1) is 21.5. The Morgan fingerprint density at radius 2 is 1.55 bits per heavy atom. The topological polar surface area (TPSA) is 0 Å². The van der Waals surface area contributed by atoms with Crippen LogP contribution in [0.3, 0.4) is 0 Å². The second kappa shape index (κ2) is 10.0. The fraction of sp³-hybridized carbons (Fsp3) is 0.310. The first-order valence-electron chi connectivity index (χ1n) is 11.4. The van der Waals surface area contributed by atoms with Crippen LogP contribution in [0.2, 0.25) is 0 Å². The number of halogens is 2. The van der Waals surface area contributed by atoms with Crippen LogP contribution in [0.25, 0.3) is 12.2 Å². The smallest absolute Gasteiger partial charge is 0.133 e. The van der Waals surface area contributed by atoms with E-state index >= 15 is 0 Å². The molecule has 0 amide bonds. The molecule has 0 spiro atoms. The summed E-state index contributed by atoms with van der Waals surface area (Å²) in [5.74, 6) is 0.990. The largest absolute Gasteiger partial charge is 0.207 e. The third-order valence-electron chi connectivity index (χ3n) is 6.73. The normalized spacial score (nSPS) is 20.1. The zero-order valence-corrected chi connectivity index (χ0v) is 18.1. The van der Waals surface area contributed by atoms with Gasteiger partial charge in [-0.2, -0.15) is 0 Å². The summed E-state index contributed by atoms with van der Waals surface area (Å²) in [5, 5.41) is 0. The molecule has 0 saturated heterocycles. The first-order valence-corrected chi connectivity index (χ1v) is 11.4. The first-order chi connectivity index (χ1) is 15.1. The summed E-state index contributed by atoms with van der Waals surface area (Å²) in [4.78, 5) is 0. The third-order valence-corrected chi connectivity index (χ3v) is 6.73. The van der Waals surface area contributed by atoms with E-state index in [2.05, 4.69) is 61.5 Å². The summed E-state index contributed by atoms with van der Waals surface area (Å²) in [6, 6.07) is 23.1. The van der Waals surface area contributed by atoms with Gasteiger partial charge < -0.3 is 0 Å². The van der Waals surface area contributed by atoms with Gasteiger partial charge in [-0.25, -0.2) is 8.78 Å². The van der Waals surface area contributed by atoms with Crippen LogP contribution in [0.1, 0.15) is 73.1 Å². The summed E-state index contributed by atoms with van der Waals surface area (Å²) in [5.41, 5.74) is 4.28. The molecule has 2 heteroatoms. The highest BCUT2D eigenvalue weighted by atomic mass is 19.1. The highest BCUT2D eigenvalue weighted by Gasteiger charge is 2.24. The Bertz CT molecular complexity index is 997. The number of hydrogen-bond acceptors (Lipinski definition) is 0.